The van der Waals surface area contributed by atoms with Gasteiger partial charge in [0.2, 0.25) is 0 Å². The van der Waals surface area contributed by atoms with Gasteiger partial charge in [-0.3, -0.25) is 4.79 Å². The zero-order valence-electron chi connectivity index (χ0n) is 13.4. The Kier molecular flexibility index (Phi) is 4.88. The van der Waals surface area contributed by atoms with E-state index in [1.165, 1.54) is 44.5 Å². The molecule has 1 aliphatic rings. The summed E-state index contributed by atoms with van der Waals surface area (Å²) in [5.41, 5.74) is 2.98. The molecule has 118 valence electrons. The van der Waals surface area contributed by atoms with Gasteiger partial charge in [0, 0.05) is 12.6 Å². The van der Waals surface area contributed by atoms with E-state index in [4.69, 9.17) is 0 Å². The molecule has 2 aromatic rings. The number of likely N-dealkylation sites (tertiary alicyclic amines) is 1. The molecule has 0 atom stereocenters. The third kappa shape index (κ3) is 3.38. The van der Waals surface area contributed by atoms with Crippen molar-refractivity contribution in [2.24, 2.45) is 0 Å². The lowest BCUT2D eigenvalue weighted by atomic mass is 10.1. The molecule has 0 N–H and O–H groups in total. The maximum absolute atomic E-state index is 12.1. The Morgan fingerprint density at radius 3 is 2.86 bits per heavy atom. The molecule has 1 aliphatic heterocycles. The lowest BCUT2D eigenvalue weighted by molar-refractivity contribution is 0.0983. The molecule has 3 heterocycles. The smallest absolute Gasteiger partial charge is 0.166 e. The Morgan fingerprint density at radius 2 is 2.09 bits per heavy atom. The molecule has 0 aromatic carbocycles. The first-order valence-corrected chi connectivity index (χ1v) is 8.50. The molecule has 4 nitrogen and oxygen atoms in total. The van der Waals surface area contributed by atoms with Gasteiger partial charge < -0.3 is 4.90 Å². The summed E-state index contributed by atoms with van der Waals surface area (Å²) in [6, 6.07) is 4.19. The van der Waals surface area contributed by atoms with Crippen molar-refractivity contribution in [2.75, 3.05) is 19.6 Å². The summed E-state index contributed by atoms with van der Waals surface area (Å²) in [6.45, 7) is 5.75. The Hall–Kier alpha value is -1.68. The minimum atomic E-state index is 0.194. The van der Waals surface area contributed by atoms with Crippen molar-refractivity contribution < 1.29 is 4.79 Å². The van der Waals surface area contributed by atoms with Crippen molar-refractivity contribution in [3.8, 4) is 0 Å². The fourth-order valence-electron chi connectivity index (χ4n) is 3.26. The molecule has 1 saturated heterocycles. The molecule has 0 saturated carbocycles. The number of hydrogen-bond acceptors (Lipinski definition) is 3. The average Bonchev–Trinajstić information content (AvgIpc) is 3.16. The summed E-state index contributed by atoms with van der Waals surface area (Å²) < 4.78 is 1.86. The highest BCUT2D eigenvalue weighted by atomic mass is 16.1. The highest BCUT2D eigenvalue weighted by Crippen LogP contribution is 2.16. The van der Waals surface area contributed by atoms with Crippen LogP contribution in [0.2, 0.25) is 0 Å². The summed E-state index contributed by atoms with van der Waals surface area (Å²) in [7, 11) is 0. The Bertz CT molecular complexity index is 641. The van der Waals surface area contributed by atoms with Gasteiger partial charge in [-0.2, -0.15) is 5.10 Å². The first-order valence-electron chi connectivity index (χ1n) is 8.50. The molecular formula is C18H25N3O. The number of rotatable bonds is 7. The van der Waals surface area contributed by atoms with Crippen molar-refractivity contribution in [2.45, 2.75) is 45.4 Å². The standard InChI is InChI=1S/C18H25N3O/c1-2-6-18(22)16-13-19-21-14-15(8-9-17(16)21)7-5-12-20-10-3-4-11-20/h8-9,13-14H,2-7,10-12H2,1H3. The van der Waals surface area contributed by atoms with E-state index < -0.39 is 0 Å². The van der Waals surface area contributed by atoms with E-state index in [-0.39, 0.29) is 5.78 Å². The van der Waals surface area contributed by atoms with Crippen LogP contribution in [-0.2, 0) is 6.42 Å². The Labute approximate surface area is 132 Å². The molecule has 0 amide bonds. The predicted molar refractivity (Wildman–Crippen MR) is 88.4 cm³/mol. The number of Topliss-reactive ketones (excluding diaryl/α,β-unsaturated/α-hetero) is 1. The molecule has 0 unspecified atom stereocenters. The number of nitrogens with zero attached hydrogens (tertiary/aromatic N) is 3. The minimum Gasteiger partial charge on any atom is -0.303 e. The quantitative estimate of drug-likeness (QED) is 0.736. The second kappa shape index (κ2) is 7.05. The second-order valence-electron chi connectivity index (χ2n) is 6.25. The molecule has 0 spiro atoms. The van der Waals surface area contributed by atoms with Crippen LogP contribution in [0.5, 0.6) is 0 Å². The fraction of sp³-hybridized carbons (Fsp3) is 0.556. The van der Waals surface area contributed by atoms with Gasteiger partial charge in [0.1, 0.15) is 0 Å². The largest absolute Gasteiger partial charge is 0.303 e. The zero-order chi connectivity index (χ0) is 15.4. The van der Waals surface area contributed by atoms with Crippen LogP contribution >= 0.6 is 0 Å². The van der Waals surface area contributed by atoms with Gasteiger partial charge in [0.05, 0.1) is 17.3 Å². The SMILES string of the molecule is CCCC(=O)c1cnn2cc(CCCN3CCCC3)ccc12. The summed E-state index contributed by atoms with van der Waals surface area (Å²) in [4.78, 5) is 14.6. The number of aromatic nitrogens is 2. The van der Waals surface area contributed by atoms with E-state index in [0.29, 0.717) is 6.42 Å². The van der Waals surface area contributed by atoms with Crippen molar-refractivity contribution in [3.05, 3.63) is 35.7 Å². The van der Waals surface area contributed by atoms with E-state index in [1.807, 2.05) is 17.5 Å². The number of carbonyl (C=O) groups is 1. The second-order valence-corrected chi connectivity index (χ2v) is 6.25. The summed E-state index contributed by atoms with van der Waals surface area (Å²) in [5, 5.41) is 4.35. The van der Waals surface area contributed by atoms with Crippen LogP contribution in [0.4, 0.5) is 0 Å². The van der Waals surface area contributed by atoms with Gasteiger partial charge in [-0.05, 0) is 63.4 Å². The molecule has 2 aromatic heterocycles. The molecule has 1 fully saturated rings. The normalized spacial score (nSPS) is 15.7. The molecule has 0 radical (unpaired) electrons. The number of hydrogen-bond donors (Lipinski definition) is 0. The van der Waals surface area contributed by atoms with E-state index in [9.17, 15) is 4.79 Å². The topological polar surface area (TPSA) is 37.6 Å². The minimum absolute atomic E-state index is 0.194. The van der Waals surface area contributed by atoms with Gasteiger partial charge in [-0.1, -0.05) is 13.0 Å². The maximum Gasteiger partial charge on any atom is 0.166 e. The van der Waals surface area contributed by atoms with Crippen LogP contribution in [0, 0.1) is 0 Å². The molecule has 0 bridgehead atoms. The van der Waals surface area contributed by atoms with Crippen molar-refractivity contribution >= 4 is 11.3 Å². The number of fused-ring (bicyclic) bond motifs is 1. The van der Waals surface area contributed by atoms with Crippen LogP contribution in [0.25, 0.3) is 5.52 Å². The van der Waals surface area contributed by atoms with E-state index in [0.717, 1.165) is 23.9 Å². The monoisotopic (exact) mass is 299 g/mol. The zero-order valence-corrected chi connectivity index (χ0v) is 13.4. The van der Waals surface area contributed by atoms with Crippen molar-refractivity contribution in [3.63, 3.8) is 0 Å². The number of ketones is 1. The molecule has 22 heavy (non-hydrogen) atoms. The first-order chi connectivity index (χ1) is 10.8. The van der Waals surface area contributed by atoms with E-state index in [1.54, 1.807) is 6.20 Å². The van der Waals surface area contributed by atoms with Gasteiger partial charge >= 0.3 is 0 Å². The molecule has 4 heteroatoms. The fourth-order valence-corrected chi connectivity index (χ4v) is 3.26. The van der Waals surface area contributed by atoms with Gasteiger partial charge in [-0.15, -0.1) is 0 Å². The van der Waals surface area contributed by atoms with Crippen LogP contribution < -0.4 is 0 Å². The maximum atomic E-state index is 12.1. The third-order valence-electron chi connectivity index (χ3n) is 4.49. The summed E-state index contributed by atoms with van der Waals surface area (Å²) >= 11 is 0. The Morgan fingerprint density at radius 1 is 1.27 bits per heavy atom. The van der Waals surface area contributed by atoms with E-state index in [2.05, 4.69) is 22.3 Å². The highest BCUT2D eigenvalue weighted by Gasteiger charge is 2.13. The van der Waals surface area contributed by atoms with Gasteiger partial charge in [0.25, 0.3) is 0 Å². The first kappa shape index (κ1) is 15.2. The van der Waals surface area contributed by atoms with Crippen molar-refractivity contribution in [1.82, 2.24) is 14.5 Å². The van der Waals surface area contributed by atoms with Crippen LogP contribution in [0.3, 0.4) is 0 Å². The van der Waals surface area contributed by atoms with Crippen LogP contribution in [0.1, 0.15) is 54.9 Å². The summed E-state index contributed by atoms with van der Waals surface area (Å²) in [6.07, 6.45) is 10.2. The molecule has 0 aliphatic carbocycles. The average molecular weight is 299 g/mol. The highest BCUT2D eigenvalue weighted by molar-refractivity contribution is 6.02. The van der Waals surface area contributed by atoms with Crippen LogP contribution in [-0.4, -0.2) is 39.9 Å². The van der Waals surface area contributed by atoms with Gasteiger partial charge in [-0.25, -0.2) is 4.52 Å². The molecule has 3 rings (SSSR count). The van der Waals surface area contributed by atoms with Crippen molar-refractivity contribution in [1.29, 1.82) is 0 Å². The predicted octanol–water partition coefficient (Wildman–Crippen LogP) is 3.35. The lowest BCUT2D eigenvalue weighted by Crippen LogP contribution is -2.20. The van der Waals surface area contributed by atoms with Crippen LogP contribution in [0.15, 0.2) is 24.5 Å². The number of aryl methyl sites for hydroxylation is 1. The summed E-state index contributed by atoms with van der Waals surface area (Å²) in [5.74, 6) is 0.194. The number of carbonyl (C=O) groups excluding carboxylic acids is 1. The molecular weight excluding hydrogens is 274 g/mol. The Balaban J connectivity index is 1.64. The van der Waals surface area contributed by atoms with E-state index >= 15 is 0 Å². The van der Waals surface area contributed by atoms with Gasteiger partial charge in [0.15, 0.2) is 5.78 Å². The lowest BCUT2D eigenvalue weighted by Gasteiger charge is -2.13. The number of pyridine rings is 1. The third-order valence-corrected chi connectivity index (χ3v) is 4.49.